The van der Waals surface area contributed by atoms with E-state index in [0.717, 1.165) is 32.5 Å². The number of amides is 1. The first-order valence-corrected chi connectivity index (χ1v) is 8.45. The number of benzene rings is 1. The smallest absolute Gasteiger partial charge is 0.250 e. The van der Waals surface area contributed by atoms with Gasteiger partial charge in [0.25, 0.3) is 5.56 Å². The first-order valence-electron chi connectivity index (χ1n) is 8.45. The van der Waals surface area contributed by atoms with Crippen LogP contribution in [0.3, 0.4) is 0 Å². The molecule has 1 spiro atoms. The number of carbonyl (C=O) groups is 1. The van der Waals surface area contributed by atoms with Gasteiger partial charge in [0, 0.05) is 43.0 Å². The lowest BCUT2D eigenvalue weighted by atomic mass is 9.74. The number of anilines is 1. The number of likely N-dealkylation sites (tertiary alicyclic amines) is 1. The third kappa shape index (κ3) is 2.50. The Kier molecular flexibility index (Phi) is 3.63. The number of nitrogens with one attached hydrogen (secondary N) is 1. The lowest BCUT2D eigenvalue weighted by molar-refractivity contribution is -0.133. The fourth-order valence-electron chi connectivity index (χ4n) is 3.93. The van der Waals surface area contributed by atoms with E-state index < -0.39 is 0 Å². The number of para-hydroxylation sites is 1. The zero-order valence-corrected chi connectivity index (χ0v) is 13.6. The molecule has 5 nitrogen and oxygen atoms in total. The van der Waals surface area contributed by atoms with E-state index in [0.29, 0.717) is 0 Å². The normalized spacial score (nSPS) is 18.2. The minimum Gasteiger partial charge on any atom is -0.384 e. The summed E-state index contributed by atoms with van der Waals surface area (Å²) in [7, 11) is 0. The van der Waals surface area contributed by atoms with Gasteiger partial charge < -0.3 is 14.8 Å². The third-order valence-electron chi connectivity index (χ3n) is 5.39. The Hall–Kier alpha value is -2.56. The van der Waals surface area contributed by atoms with E-state index in [9.17, 15) is 9.59 Å². The second-order valence-corrected chi connectivity index (χ2v) is 6.73. The number of nitrogens with zero attached hydrogens (tertiary/aromatic N) is 2. The Morgan fingerprint density at radius 2 is 1.83 bits per heavy atom. The topological polar surface area (TPSA) is 54.3 Å². The highest BCUT2D eigenvalue weighted by molar-refractivity contribution is 5.76. The van der Waals surface area contributed by atoms with Gasteiger partial charge >= 0.3 is 0 Å². The van der Waals surface area contributed by atoms with E-state index in [1.807, 2.05) is 4.90 Å². The molecule has 1 aromatic heterocycles. The number of fused-ring (bicyclic) bond motifs is 2. The molecule has 2 aliphatic rings. The van der Waals surface area contributed by atoms with Crippen molar-refractivity contribution in [1.82, 2.24) is 9.47 Å². The summed E-state index contributed by atoms with van der Waals surface area (Å²) < 4.78 is 1.47. The van der Waals surface area contributed by atoms with Crippen molar-refractivity contribution >= 4 is 11.6 Å². The van der Waals surface area contributed by atoms with Gasteiger partial charge in [-0.15, -0.1) is 0 Å². The van der Waals surface area contributed by atoms with E-state index in [4.69, 9.17) is 0 Å². The molecule has 0 atom stereocenters. The SMILES string of the molecule is O=C(Cn1ccccc1=O)N1CCC2(CC1)CNc1ccccc12. The summed E-state index contributed by atoms with van der Waals surface area (Å²) in [5.41, 5.74) is 2.63. The molecule has 2 aromatic rings. The zero-order valence-electron chi connectivity index (χ0n) is 13.6. The van der Waals surface area contributed by atoms with Crippen LogP contribution >= 0.6 is 0 Å². The fraction of sp³-hybridized carbons (Fsp3) is 0.368. The third-order valence-corrected chi connectivity index (χ3v) is 5.39. The Morgan fingerprint density at radius 1 is 1.08 bits per heavy atom. The summed E-state index contributed by atoms with van der Waals surface area (Å²) in [4.78, 5) is 26.2. The molecule has 0 unspecified atom stereocenters. The lowest BCUT2D eigenvalue weighted by Gasteiger charge is -2.39. The number of carbonyl (C=O) groups excluding carboxylic acids is 1. The van der Waals surface area contributed by atoms with Crippen LogP contribution in [0.5, 0.6) is 0 Å². The van der Waals surface area contributed by atoms with Gasteiger partial charge in [0.2, 0.25) is 5.91 Å². The number of rotatable bonds is 2. The van der Waals surface area contributed by atoms with Gasteiger partial charge in [-0.3, -0.25) is 9.59 Å². The molecule has 1 aromatic carbocycles. The molecule has 0 aliphatic carbocycles. The lowest BCUT2D eigenvalue weighted by Crippen LogP contribution is -2.47. The first-order chi connectivity index (χ1) is 11.7. The molecule has 0 radical (unpaired) electrons. The van der Waals surface area contributed by atoms with Crippen LogP contribution in [0.15, 0.2) is 53.5 Å². The fourth-order valence-corrected chi connectivity index (χ4v) is 3.93. The molecule has 0 saturated carbocycles. The van der Waals surface area contributed by atoms with Crippen LogP contribution in [0.25, 0.3) is 0 Å². The second kappa shape index (κ2) is 5.82. The molecule has 4 rings (SSSR count). The molecule has 0 bridgehead atoms. The van der Waals surface area contributed by atoms with Crippen LogP contribution in [0.4, 0.5) is 5.69 Å². The Morgan fingerprint density at radius 3 is 2.62 bits per heavy atom. The van der Waals surface area contributed by atoms with Crippen molar-refractivity contribution in [3.05, 3.63) is 64.6 Å². The van der Waals surface area contributed by atoms with Crippen molar-refractivity contribution in [3.8, 4) is 0 Å². The highest BCUT2D eigenvalue weighted by Crippen LogP contribution is 2.43. The van der Waals surface area contributed by atoms with Crippen molar-refractivity contribution in [3.63, 3.8) is 0 Å². The standard InChI is InChI=1S/C19H21N3O2/c23-17-7-3-4-10-22(17)13-18(24)21-11-8-19(9-12-21)14-20-16-6-2-1-5-15(16)19/h1-7,10,20H,8-9,11-14H2. The monoisotopic (exact) mass is 323 g/mol. The van der Waals surface area contributed by atoms with Crippen LogP contribution in [-0.4, -0.2) is 35.0 Å². The van der Waals surface area contributed by atoms with E-state index in [1.54, 1.807) is 18.3 Å². The molecule has 2 aliphatic heterocycles. The molecule has 1 saturated heterocycles. The summed E-state index contributed by atoms with van der Waals surface area (Å²) in [5.74, 6) is 0.0254. The molecular weight excluding hydrogens is 302 g/mol. The summed E-state index contributed by atoms with van der Waals surface area (Å²) in [6, 6.07) is 13.4. The number of aromatic nitrogens is 1. The number of hydrogen-bond donors (Lipinski definition) is 1. The van der Waals surface area contributed by atoms with Crippen LogP contribution in [-0.2, 0) is 16.8 Å². The first kappa shape index (κ1) is 15.0. The predicted molar refractivity (Wildman–Crippen MR) is 93.1 cm³/mol. The summed E-state index contributed by atoms with van der Waals surface area (Å²) in [5, 5.41) is 3.50. The highest BCUT2D eigenvalue weighted by Gasteiger charge is 2.41. The van der Waals surface area contributed by atoms with Gasteiger partial charge in [-0.2, -0.15) is 0 Å². The summed E-state index contributed by atoms with van der Waals surface area (Å²) in [6.45, 7) is 2.57. The maximum absolute atomic E-state index is 12.5. The van der Waals surface area contributed by atoms with Crippen LogP contribution < -0.4 is 10.9 Å². The van der Waals surface area contributed by atoms with Crippen LogP contribution in [0.1, 0.15) is 18.4 Å². The van der Waals surface area contributed by atoms with Gasteiger partial charge in [-0.1, -0.05) is 24.3 Å². The number of hydrogen-bond acceptors (Lipinski definition) is 3. The van der Waals surface area contributed by atoms with Crippen LogP contribution in [0, 0.1) is 0 Å². The minimum atomic E-state index is -0.131. The average Bonchev–Trinajstić information content (AvgIpc) is 2.96. The molecule has 5 heteroatoms. The molecular formula is C19H21N3O2. The zero-order chi connectivity index (χ0) is 16.6. The Bertz CT molecular complexity index is 819. The maximum Gasteiger partial charge on any atom is 0.250 e. The average molecular weight is 323 g/mol. The summed E-state index contributed by atoms with van der Waals surface area (Å²) >= 11 is 0. The largest absolute Gasteiger partial charge is 0.384 e. The predicted octanol–water partition coefficient (Wildman–Crippen LogP) is 1.83. The van der Waals surface area contributed by atoms with Crippen molar-refractivity contribution in [2.45, 2.75) is 24.8 Å². The van der Waals surface area contributed by atoms with Crippen molar-refractivity contribution in [1.29, 1.82) is 0 Å². The minimum absolute atomic E-state index is 0.0254. The highest BCUT2D eigenvalue weighted by atomic mass is 16.2. The Labute approximate surface area is 140 Å². The number of pyridine rings is 1. The van der Waals surface area contributed by atoms with Gasteiger partial charge in [-0.05, 0) is 30.5 Å². The second-order valence-electron chi connectivity index (χ2n) is 6.73. The molecule has 1 fully saturated rings. The number of piperidine rings is 1. The van der Waals surface area contributed by atoms with E-state index in [-0.39, 0.29) is 23.4 Å². The van der Waals surface area contributed by atoms with Crippen LogP contribution in [0.2, 0.25) is 0 Å². The van der Waals surface area contributed by atoms with E-state index in [1.165, 1.54) is 21.9 Å². The van der Waals surface area contributed by atoms with E-state index in [2.05, 4.69) is 29.6 Å². The molecule has 24 heavy (non-hydrogen) atoms. The van der Waals surface area contributed by atoms with Gasteiger partial charge in [0.15, 0.2) is 0 Å². The van der Waals surface area contributed by atoms with Crippen molar-refractivity contribution in [2.24, 2.45) is 0 Å². The molecule has 1 N–H and O–H groups in total. The quantitative estimate of drug-likeness (QED) is 0.917. The van der Waals surface area contributed by atoms with Gasteiger partial charge in [-0.25, -0.2) is 0 Å². The van der Waals surface area contributed by atoms with Crippen molar-refractivity contribution in [2.75, 3.05) is 25.0 Å². The van der Waals surface area contributed by atoms with Crippen molar-refractivity contribution < 1.29 is 4.79 Å². The molecule has 124 valence electrons. The van der Waals surface area contributed by atoms with E-state index >= 15 is 0 Å². The summed E-state index contributed by atoms with van der Waals surface area (Å²) in [6.07, 6.45) is 3.60. The molecule has 1 amide bonds. The van der Waals surface area contributed by atoms with Gasteiger partial charge in [0.1, 0.15) is 6.54 Å². The van der Waals surface area contributed by atoms with Gasteiger partial charge in [0.05, 0.1) is 0 Å². The Balaban J connectivity index is 1.44. The maximum atomic E-state index is 12.5. The molecule has 3 heterocycles.